The van der Waals surface area contributed by atoms with Gasteiger partial charge in [0.1, 0.15) is 11.6 Å². The van der Waals surface area contributed by atoms with Crippen LogP contribution in [-0.4, -0.2) is 0 Å². The molecule has 0 aliphatic heterocycles. The summed E-state index contributed by atoms with van der Waals surface area (Å²) < 4.78 is 28.3. The summed E-state index contributed by atoms with van der Waals surface area (Å²) in [4.78, 5) is 0. The van der Waals surface area contributed by atoms with Crippen molar-refractivity contribution < 1.29 is 8.78 Å². The Hall–Kier alpha value is -1.30. The average Bonchev–Trinajstić information content (AvgIpc) is 2.46. The van der Waals surface area contributed by atoms with E-state index in [1.807, 2.05) is 32.0 Å². The molecule has 5 heteroatoms. The molecule has 0 heterocycles. The average molecular weight is 355 g/mol. The van der Waals surface area contributed by atoms with Gasteiger partial charge < -0.3 is 0 Å². The minimum Gasteiger partial charge on any atom is -0.271 e. The van der Waals surface area contributed by atoms with Crippen LogP contribution >= 0.6 is 15.9 Å². The van der Waals surface area contributed by atoms with Crippen molar-refractivity contribution in [3.8, 4) is 0 Å². The Morgan fingerprint density at radius 1 is 1.14 bits per heavy atom. The zero-order chi connectivity index (χ0) is 15.6. The van der Waals surface area contributed by atoms with Crippen molar-refractivity contribution in [2.75, 3.05) is 0 Å². The molecule has 0 aromatic heterocycles. The summed E-state index contributed by atoms with van der Waals surface area (Å²) in [6, 6.07) is 7.88. The molecular formula is C16H17BrF2N2. The lowest BCUT2D eigenvalue weighted by molar-refractivity contribution is 0.470. The fraction of sp³-hybridized carbons (Fsp3) is 0.250. The van der Waals surface area contributed by atoms with Crippen molar-refractivity contribution in [2.45, 2.75) is 26.3 Å². The van der Waals surface area contributed by atoms with Gasteiger partial charge in [-0.1, -0.05) is 18.2 Å². The summed E-state index contributed by atoms with van der Waals surface area (Å²) in [6.07, 6.45) is 0.405. The van der Waals surface area contributed by atoms with E-state index in [1.165, 1.54) is 17.7 Å². The van der Waals surface area contributed by atoms with Gasteiger partial charge in [0.2, 0.25) is 0 Å². The maximum Gasteiger partial charge on any atom is 0.145 e. The van der Waals surface area contributed by atoms with E-state index in [9.17, 15) is 8.78 Å². The zero-order valence-electron chi connectivity index (χ0n) is 11.9. The molecule has 0 aliphatic rings. The standard InChI is InChI=1S/C16H17BrF2N2/c1-9-3-4-11(7-10(9)2)8-14(21-20)15-13(18)6-5-12(17)16(15)19/h3-7,14,21H,8,20H2,1-2H3. The summed E-state index contributed by atoms with van der Waals surface area (Å²) in [7, 11) is 0. The van der Waals surface area contributed by atoms with E-state index in [0.717, 1.165) is 11.1 Å². The van der Waals surface area contributed by atoms with E-state index < -0.39 is 17.7 Å². The largest absolute Gasteiger partial charge is 0.271 e. The summed E-state index contributed by atoms with van der Waals surface area (Å²) in [5.41, 5.74) is 5.74. The number of halogens is 3. The molecular weight excluding hydrogens is 338 g/mol. The normalized spacial score (nSPS) is 12.5. The van der Waals surface area contributed by atoms with Crippen LogP contribution in [0.15, 0.2) is 34.8 Å². The minimum absolute atomic E-state index is 0.0508. The van der Waals surface area contributed by atoms with Crippen molar-refractivity contribution in [1.82, 2.24) is 5.43 Å². The van der Waals surface area contributed by atoms with Crippen LogP contribution in [0.1, 0.15) is 28.3 Å². The molecule has 0 saturated heterocycles. The molecule has 3 N–H and O–H groups in total. The summed E-state index contributed by atoms with van der Waals surface area (Å²) in [6.45, 7) is 4.02. The Labute approximate surface area is 131 Å². The third-order valence-corrected chi connectivity index (χ3v) is 4.25. The van der Waals surface area contributed by atoms with Gasteiger partial charge in [-0.15, -0.1) is 0 Å². The van der Waals surface area contributed by atoms with Crippen LogP contribution in [0.25, 0.3) is 0 Å². The third-order valence-electron chi connectivity index (χ3n) is 3.64. The Kier molecular flexibility index (Phi) is 5.08. The molecule has 0 aliphatic carbocycles. The molecule has 2 aromatic carbocycles. The maximum absolute atomic E-state index is 14.2. The summed E-state index contributed by atoms with van der Waals surface area (Å²) >= 11 is 3.07. The molecule has 1 atom stereocenters. The lowest BCUT2D eigenvalue weighted by Gasteiger charge is -2.19. The van der Waals surface area contributed by atoms with Crippen LogP contribution in [0.2, 0.25) is 0 Å². The lowest BCUT2D eigenvalue weighted by Crippen LogP contribution is -2.31. The van der Waals surface area contributed by atoms with Crippen molar-refractivity contribution in [1.29, 1.82) is 0 Å². The first-order valence-corrected chi connectivity index (χ1v) is 7.39. The first kappa shape index (κ1) is 16.1. The van der Waals surface area contributed by atoms with E-state index in [4.69, 9.17) is 5.84 Å². The first-order chi connectivity index (χ1) is 9.93. The van der Waals surface area contributed by atoms with E-state index in [1.54, 1.807) is 0 Å². The van der Waals surface area contributed by atoms with E-state index in [2.05, 4.69) is 21.4 Å². The van der Waals surface area contributed by atoms with Gasteiger partial charge in [-0.25, -0.2) is 8.78 Å². The van der Waals surface area contributed by atoms with Gasteiger partial charge in [-0.3, -0.25) is 11.3 Å². The fourth-order valence-corrected chi connectivity index (χ4v) is 2.62. The highest BCUT2D eigenvalue weighted by Gasteiger charge is 2.21. The molecule has 0 fully saturated rings. The van der Waals surface area contributed by atoms with Crippen LogP contribution in [0.3, 0.4) is 0 Å². The number of aryl methyl sites for hydroxylation is 2. The van der Waals surface area contributed by atoms with Crippen molar-refractivity contribution in [3.63, 3.8) is 0 Å². The molecule has 2 nitrogen and oxygen atoms in total. The third kappa shape index (κ3) is 3.48. The highest BCUT2D eigenvalue weighted by molar-refractivity contribution is 9.10. The van der Waals surface area contributed by atoms with Crippen LogP contribution in [0.4, 0.5) is 8.78 Å². The van der Waals surface area contributed by atoms with Gasteiger partial charge in [0.25, 0.3) is 0 Å². The molecule has 2 aromatic rings. The van der Waals surface area contributed by atoms with Gasteiger partial charge in [0.05, 0.1) is 10.5 Å². The molecule has 0 spiro atoms. The van der Waals surface area contributed by atoms with Crippen LogP contribution < -0.4 is 11.3 Å². The smallest absolute Gasteiger partial charge is 0.145 e. The summed E-state index contributed by atoms with van der Waals surface area (Å²) in [5.74, 6) is 4.28. The Balaban J connectivity index is 2.36. The number of hydrazine groups is 1. The molecule has 1 unspecified atom stereocenters. The second-order valence-electron chi connectivity index (χ2n) is 5.10. The second-order valence-corrected chi connectivity index (χ2v) is 5.95. The van der Waals surface area contributed by atoms with E-state index in [-0.39, 0.29) is 10.0 Å². The van der Waals surface area contributed by atoms with Crippen LogP contribution in [0.5, 0.6) is 0 Å². The molecule has 2 rings (SSSR count). The van der Waals surface area contributed by atoms with E-state index in [0.29, 0.717) is 6.42 Å². The molecule has 112 valence electrons. The molecule has 21 heavy (non-hydrogen) atoms. The Bertz CT molecular complexity index is 659. The van der Waals surface area contributed by atoms with Crippen molar-refractivity contribution >= 4 is 15.9 Å². The fourth-order valence-electron chi connectivity index (χ4n) is 2.27. The predicted molar refractivity (Wildman–Crippen MR) is 83.7 cm³/mol. The Morgan fingerprint density at radius 2 is 1.86 bits per heavy atom. The van der Waals surface area contributed by atoms with Crippen LogP contribution in [-0.2, 0) is 6.42 Å². The SMILES string of the molecule is Cc1ccc(CC(NN)c2c(F)ccc(Br)c2F)cc1C. The number of rotatable bonds is 4. The molecule has 0 saturated carbocycles. The number of nitrogens with one attached hydrogen (secondary N) is 1. The number of nitrogens with two attached hydrogens (primary N) is 1. The number of benzene rings is 2. The quantitative estimate of drug-likeness (QED) is 0.493. The van der Waals surface area contributed by atoms with Crippen molar-refractivity contribution in [3.05, 3.63) is 68.7 Å². The van der Waals surface area contributed by atoms with Gasteiger partial charge in [-0.05, 0) is 65.0 Å². The monoisotopic (exact) mass is 354 g/mol. The van der Waals surface area contributed by atoms with Gasteiger partial charge in [-0.2, -0.15) is 0 Å². The van der Waals surface area contributed by atoms with Crippen LogP contribution in [0, 0.1) is 25.5 Å². The zero-order valence-corrected chi connectivity index (χ0v) is 13.5. The van der Waals surface area contributed by atoms with Gasteiger partial charge in [0, 0.05) is 5.56 Å². The molecule has 0 bridgehead atoms. The minimum atomic E-state index is -0.635. The topological polar surface area (TPSA) is 38.0 Å². The number of hydrogen-bond donors (Lipinski definition) is 2. The highest BCUT2D eigenvalue weighted by Crippen LogP contribution is 2.28. The lowest BCUT2D eigenvalue weighted by atomic mass is 9.96. The maximum atomic E-state index is 14.2. The first-order valence-electron chi connectivity index (χ1n) is 6.59. The van der Waals surface area contributed by atoms with Gasteiger partial charge in [0.15, 0.2) is 0 Å². The summed E-state index contributed by atoms with van der Waals surface area (Å²) in [5, 5.41) is 0. The number of hydrogen-bond acceptors (Lipinski definition) is 2. The van der Waals surface area contributed by atoms with Gasteiger partial charge >= 0.3 is 0 Å². The highest BCUT2D eigenvalue weighted by atomic mass is 79.9. The molecule has 0 amide bonds. The Morgan fingerprint density at radius 3 is 2.48 bits per heavy atom. The van der Waals surface area contributed by atoms with Crippen molar-refractivity contribution in [2.24, 2.45) is 5.84 Å². The predicted octanol–water partition coefficient (Wildman–Crippen LogP) is 4.09. The van der Waals surface area contributed by atoms with E-state index >= 15 is 0 Å². The molecule has 0 radical (unpaired) electrons. The second kappa shape index (κ2) is 6.64.